The van der Waals surface area contributed by atoms with Crippen LogP contribution in [0.4, 0.5) is 0 Å². The molecule has 0 fully saturated rings. The molecule has 0 spiro atoms. The van der Waals surface area contributed by atoms with Gasteiger partial charge in [-0.25, -0.2) is 0 Å². The first kappa shape index (κ1) is 23.5. The molecule has 0 bridgehead atoms. The van der Waals surface area contributed by atoms with Gasteiger partial charge in [-0.05, 0) is 56.0 Å². The van der Waals surface area contributed by atoms with Crippen LogP contribution in [0.15, 0.2) is 158 Å². The predicted octanol–water partition coefficient (Wildman–Crippen LogP) is 6.69. The fourth-order valence-corrected chi connectivity index (χ4v) is 13.0. The lowest BCUT2D eigenvalue weighted by Gasteiger charge is -2.32. The Labute approximate surface area is 245 Å². The zero-order valence-electron chi connectivity index (χ0n) is 22.9. The number of hydrogen-bond acceptors (Lipinski definition) is 1. The van der Waals surface area contributed by atoms with Crippen LogP contribution in [-0.2, 0) is 0 Å². The lowest BCUT2D eigenvalue weighted by molar-refractivity contribution is 1.18. The molecule has 0 unspecified atom stereocenters. The molecule has 8 aromatic rings. The van der Waals surface area contributed by atoms with E-state index in [-0.39, 0.29) is 0 Å². The highest BCUT2D eigenvalue weighted by molar-refractivity contribution is 7.23. The van der Waals surface area contributed by atoms with Crippen LogP contribution in [0.3, 0.4) is 0 Å². The lowest BCUT2D eigenvalue weighted by Crippen LogP contribution is -2.73. The van der Waals surface area contributed by atoms with Gasteiger partial charge in [0.1, 0.15) is 0 Å². The molecule has 0 N–H and O–H groups in total. The Balaban J connectivity index is 1.63. The zero-order valence-corrected chi connectivity index (χ0v) is 23.9. The van der Waals surface area contributed by atoms with E-state index < -0.39 is 8.07 Å². The van der Waals surface area contributed by atoms with Crippen LogP contribution in [-0.4, -0.2) is 17.6 Å². The third kappa shape index (κ3) is 2.95. The van der Waals surface area contributed by atoms with Crippen LogP contribution in [0.1, 0.15) is 0 Å². The molecule has 0 saturated heterocycles. The Morgan fingerprint density at radius 2 is 1.14 bits per heavy atom. The Hall–Kier alpha value is -5.25. The fraction of sp³-hybridized carbons (Fsp3) is 0. The largest absolute Gasteiger partial charge is 0.309 e. The fourth-order valence-electron chi connectivity index (χ4n) is 7.62. The molecule has 1 aliphatic rings. The van der Waals surface area contributed by atoms with Crippen molar-refractivity contribution in [2.75, 3.05) is 0 Å². The van der Waals surface area contributed by atoms with E-state index >= 15 is 0 Å². The van der Waals surface area contributed by atoms with E-state index in [1.165, 1.54) is 70.1 Å². The van der Waals surface area contributed by atoms with Gasteiger partial charge in [0.25, 0.3) is 0 Å². The normalized spacial score (nSPS) is 13.4. The average Bonchev–Trinajstić information content (AvgIpc) is 3.58. The van der Waals surface area contributed by atoms with Crippen LogP contribution >= 0.6 is 0 Å². The van der Waals surface area contributed by atoms with Gasteiger partial charge in [0, 0.05) is 39.8 Å². The van der Waals surface area contributed by atoms with Crippen molar-refractivity contribution in [1.29, 1.82) is 0 Å². The summed E-state index contributed by atoms with van der Waals surface area (Å²) in [4.78, 5) is 4.77. The van der Waals surface area contributed by atoms with Gasteiger partial charge >= 0.3 is 0 Å². The van der Waals surface area contributed by atoms with Crippen molar-refractivity contribution in [3.8, 4) is 16.8 Å². The molecule has 1 aliphatic heterocycles. The maximum atomic E-state index is 4.77. The highest BCUT2D eigenvalue weighted by Crippen LogP contribution is 2.44. The second kappa shape index (κ2) is 8.87. The molecule has 42 heavy (non-hydrogen) atoms. The summed E-state index contributed by atoms with van der Waals surface area (Å²) >= 11 is 0. The van der Waals surface area contributed by atoms with E-state index in [0.717, 1.165) is 0 Å². The van der Waals surface area contributed by atoms with Crippen molar-refractivity contribution in [3.05, 3.63) is 158 Å². The molecule has 9 rings (SSSR count). The quantitative estimate of drug-likeness (QED) is 0.224. The number of pyridine rings is 1. The number of nitrogens with zero attached hydrogens (tertiary/aromatic N) is 2. The van der Waals surface area contributed by atoms with E-state index in [1.807, 2.05) is 6.20 Å². The maximum Gasteiger partial charge on any atom is 0.181 e. The molecule has 0 atom stereocenters. The standard InChI is InChI=1S/C39H26N2Si/c1-4-14-27(15-5-1)41-34-22-12-10-20-31(34)36-30-24-25-40-26-33(30)39-37(38(36)41)32-21-11-13-23-35(32)42(39,28-16-6-2-7-17-28)29-18-8-3-9-19-29/h1-26H. The summed E-state index contributed by atoms with van der Waals surface area (Å²) < 4.78 is 2.50. The minimum atomic E-state index is -2.73. The lowest BCUT2D eigenvalue weighted by atomic mass is 9.97. The van der Waals surface area contributed by atoms with Crippen molar-refractivity contribution in [2.45, 2.75) is 0 Å². The van der Waals surface area contributed by atoms with Crippen molar-refractivity contribution < 1.29 is 0 Å². The Kier molecular flexibility index (Phi) is 4.95. The Morgan fingerprint density at radius 3 is 1.88 bits per heavy atom. The molecule has 2 nitrogen and oxygen atoms in total. The Morgan fingerprint density at radius 1 is 0.524 bits per heavy atom. The molecule has 0 aliphatic carbocycles. The first-order valence-electron chi connectivity index (χ1n) is 14.5. The predicted molar refractivity (Wildman–Crippen MR) is 179 cm³/mol. The van der Waals surface area contributed by atoms with E-state index in [9.17, 15) is 0 Å². The minimum absolute atomic E-state index is 1.18. The van der Waals surface area contributed by atoms with E-state index in [4.69, 9.17) is 4.98 Å². The smallest absolute Gasteiger partial charge is 0.181 e. The molecule has 3 heterocycles. The van der Waals surface area contributed by atoms with E-state index in [0.29, 0.717) is 0 Å². The number of hydrogen-bond donors (Lipinski definition) is 0. The third-order valence-corrected chi connectivity index (χ3v) is 14.0. The van der Waals surface area contributed by atoms with Crippen molar-refractivity contribution >= 4 is 61.4 Å². The van der Waals surface area contributed by atoms with Gasteiger partial charge in [-0.1, -0.05) is 121 Å². The second-order valence-electron chi connectivity index (χ2n) is 11.1. The molecule has 0 saturated carbocycles. The van der Waals surface area contributed by atoms with Crippen LogP contribution < -0.4 is 20.7 Å². The highest BCUT2D eigenvalue weighted by atomic mass is 28.3. The van der Waals surface area contributed by atoms with Crippen LogP contribution in [0, 0.1) is 0 Å². The zero-order chi connectivity index (χ0) is 27.7. The summed E-state index contributed by atoms with van der Waals surface area (Å²) in [6, 6.07) is 53.6. The summed E-state index contributed by atoms with van der Waals surface area (Å²) in [6.07, 6.45) is 4.08. The molecule has 6 aromatic carbocycles. The van der Waals surface area contributed by atoms with Gasteiger partial charge < -0.3 is 4.57 Å². The first-order chi connectivity index (χ1) is 20.9. The third-order valence-electron chi connectivity index (χ3n) is 9.12. The number of fused-ring (bicyclic) bond motifs is 10. The van der Waals surface area contributed by atoms with Gasteiger partial charge in [0.15, 0.2) is 8.07 Å². The summed E-state index contributed by atoms with van der Waals surface area (Å²) in [6.45, 7) is 0. The van der Waals surface area contributed by atoms with Gasteiger partial charge in [0.2, 0.25) is 0 Å². The summed E-state index contributed by atoms with van der Waals surface area (Å²) in [5, 5.41) is 10.8. The van der Waals surface area contributed by atoms with E-state index in [2.05, 4.69) is 156 Å². The Bertz CT molecular complexity index is 2250. The van der Waals surface area contributed by atoms with Gasteiger partial charge in [0.05, 0.1) is 11.0 Å². The summed E-state index contributed by atoms with van der Waals surface area (Å²) in [5.74, 6) is 0. The van der Waals surface area contributed by atoms with Crippen molar-refractivity contribution in [2.24, 2.45) is 0 Å². The van der Waals surface area contributed by atoms with Gasteiger partial charge in [-0.2, -0.15) is 0 Å². The molecular weight excluding hydrogens is 525 g/mol. The van der Waals surface area contributed by atoms with Crippen molar-refractivity contribution in [3.63, 3.8) is 0 Å². The number of rotatable bonds is 3. The first-order valence-corrected chi connectivity index (χ1v) is 16.5. The minimum Gasteiger partial charge on any atom is -0.309 e. The van der Waals surface area contributed by atoms with Crippen molar-refractivity contribution in [1.82, 2.24) is 9.55 Å². The number of aromatic nitrogens is 2. The molecule has 3 heteroatoms. The topological polar surface area (TPSA) is 17.8 Å². The van der Waals surface area contributed by atoms with E-state index in [1.54, 1.807) is 0 Å². The SMILES string of the molecule is c1ccc(-n2c3ccccc3c3c4ccncc4c4c(c32)-c2ccccc2[Si]4(c2ccccc2)c2ccccc2)cc1. The van der Waals surface area contributed by atoms with Crippen LogP contribution in [0.2, 0.25) is 0 Å². The summed E-state index contributed by atoms with van der Waals surface area (Å²) in [5.41, 5.74) is 6.37. The van der Waals surface area contributed by atoms with Gasteiger partial charge in [-0.15, -0.1) is 0 Å². The molecule has 2 aromatic heterocycles. The average molecular weight is 551 g/mol. The van der Waals surface area contributed by atoms with Crippen LogP contribution in [0.25, 0.3) is 49.4 Å². The second-order valence-corrected chi connectivity index (χ2v) is 14.8. The monoisotopic (exact) mass is 550 g/mol. The number of benzene rings is 6. The molecule has 0 amide bonds. The molecule has 196 valence electrons. The highest BCUT2D eigenvalue weighted by Gasteiger charge is 2.50. The molecular formula is C39H26N2Si. The number of para-hydroxylation sites is 2. The van der Waals surface area contributed by atoms with Gasteiger partial charge in [-0.3, -0.25) is 4.98 Å². The molecule has 0 radical (unpaired) electrons. The van der Waals surface area contributed by atoms with Crippen LogP contribution in [0.5, 0.6) is 0 Å². The summed E-state index contributed by atoms with van der Waals surface area (Å²) in [7, 11) is -2.73. The maximum absolute atomic E-state index is 4.77.